The Morgan fingerprint density at radius 3 is 1.20 bits per heavy atom. The molecule has 0 fully saturated rings. The van der Waals surface area contributed by atoms with Crippen LogP contribution in [0.2, 0.25) is 0 Å². The van der Waals surface area contributed by atoms with Crippen molar-refractivity contribution in [3.05, 3.63) is 0 Å². The number of aliphatic hydroxyl groups is 1. The topological polar surface area (TPSA) is 132 Å². The van der Waals surface area contributed by atoms with Gasteiger partial charge in [-0.25, -0.2) is 0 Å². The number of carboxylic acids is 3. The lowest BCUT2D eigenvalue weighted by Gasteiger charge is -1.94. The van der Waals surface area contributed by atoms with Crippen LogP contribution in [0.5, 0.6) is 0 Å². The summed E-state index contributed by atoms with van der Waals surface area (Å²) in [5.74, 6) is -2.63. The maximum Gasteiger partial charge on any atom is 0.305 e. The van der Waals surface area contributed by atoms with E-state index in [1.54, 1.807) is 0 Å². The third-order valence-corrected chi connectivity index (χ3v) is 0.470. The highest BCUT2D eigenvalue weighted by molar-refractivity contribution is 5.67. The van der Waals surface area contributed by atoms with Crippen LogP contribution in [-0.4, -0.2) is 44.4 Å². The zero-order valence-electron chi connectivity index (χ0n) is 8.80. The summed E-state index contributed by atoms with van der Waals surface area (Å²) in [4.78, 5) is 27.6. The fraction of sp³-hybridized carbons (Fsp3) is 0.625. The minimum atomic E-state index is -0.963. The first-order chi connectivity index (χ1) is 6.59. The van der Waals surface area contributed by atoms with Crippen LogP contribution in [0.1, 0.15) is 27.2 Å². The maximum atomic E-state index is 9.65. The number of hydrogen-bond donors (Lipinski definition) is 4. The van der Waals surface area contributed by atoms with Gasteiger partial charge in [0.2, 0.25) is 0 Å². The Labute approximate surface area is 87.0 Å². The number of rotatable bonds is 2. The SMILES string of the molecule is CC(=O)O.CC(=O)O.CC(O)CC(=O)O. The molecule has 0 aromatic heterocycles. The second kappa shape index (κ2) is 12.4. The van der Waals surface area contributed by atoms with Gasteiger partial charge in [-0.15, -0.1) is 0 Å². The third kappa shape index (κ3) is 237. The Morgan fingerprint density at radius 2 is 1.20 bits per heavy atom. The van der Waals surface area contributed by atoms with Gasteiger partial charge in [-0.05, 0) is 6.92 Å². The Morgan fingerprint density at radius 1 is 1.00 bits per heavy atom. The van der Waals surface area contributed by atoms with Crippen LogP contribution in [0.15, 0.2) is 0 Å². The summed E-state index contributed by atoms with van der Waals surface area (Å²) in [5, 5.41) is 31.1. The van der Waals surface area contributed by atoms with Gasteiger partial charge in [0.25, 0.3) is 11.9 Å². The Kier molecular flexibility index (Phi) is 15.7. The Balaban J connectivity index is -0.000000155. The first-order valence-corrected chi connectivity index (χ1v) is 3.88. The third-order valence-electron chi connectivity index (χ3n) is 0.470. The highest BCUT2D eigenvalue weighted by Gasteiger charge is 2.00. The average molecular weight is 224 g/mol. The van der Waals surface area contributed by atoms with E-state index in [1.807, 2.05) is 0 Å². The molecule has 0 saturated carbocycles. The van der Waals surface area contributed by atoms with Crippen LogP contribution < -0.4 is 0 Å². The van der Waals surface area contributed by atoms with Crippen molar-refractivity contribution in [3.8, 4) is 0 Å². The molecule has 0 bridgehead atoms. The molecule has 0 amide bonds. The van der Waals surface area contributed by atoms with Crippen LogP contribution in [-0.2, 0) is 14.4 Å². The molecule has 4 N–H and O–H groups in total. The quantitative estimate of drug-likeness (QED) is 0.519. The van der Waals surface area contributed by atoms with Crippen molar-refractivity contribution >= 4 is 17.9 Å². The van der Waals surface area contributed by atoms with Gasteiger partial charge in [0.1, 0.15) is 0 Å². The molecule has 1 atom stereocenters. The number of aliphatic hydroxyl groups excluding tert-OH is 1. The van der Waals surface area contributed by atoms with Crippen molar-refractivity contribution in [1.82, 2.24) is 0 Å². The summed E-state index contributed by atoms with van der Waals surface area (Å²) in [6.45, 7) is 3.61. The monoisotopic (exact) mass is 224 g/mol. The Hall–Kier alpha value is -1.63. The van der Waals surface area contributed by atoms with Crippen molar-refractivity contribution in [3.63, 3.8) is 0 Å². The fourth-order valence-electron chi connectivity index (χ4n) is 0.253. The minimum Gasteiger partial charge on any atom is -0.481 e. The molecule has 0 rings (SSSR count). The summed E-state index contributed by atoms with van der Waals surface area (Å²) in [6.07, 6.45) is -0.891. The van der Waals surface area contributed by atoms with E-state index in [-0.39, 0.29) is 6.42 Å². The molecular formula is C8H16O7. The number of carboxylic acid groups (broad SMARTS) is 3. The fourth-order valence-corrected chi connectivity index (χ4v) is 0.253. The van der Waals surface area contributed by atoms with E-state index in [0.29, 0.717) is 0 Å². The van der Waals surface area contributed by atoms with Crippen LogP contribution in [0.4, 0.5) is 0 Å². The standard InChI is InChI=1S/C4H8O3.2C2H4O2/c1-3(5)2-4(6)7;2*1-2(3)4/h3,5H,2H2,1H3,(H,6,7);2*1H3,(H,3,4). The summed E-state index contributed by atoms with van der Waals surface area (Å²) >= 11 is 0. The van der Waals surface area contributed by atoms with Crippen molar-refractivity contribution < 1.29 is 34.8 Å². The normalized spacial score (nSPS) is 9.60. The number of hydrogen-bond acceptors (Lipinski definition) is 4. The van der Waals surface area contributed by atoms with E-state index in [9.17, 15) is 4.79 Å². The molecule has 0 radical (unpaired) electrons. The lowest BCUT2D eigenvalue weighted by atomic mass is 10.3. The van der Waals surface area contributed by atoms with E-state index in [1.165, 1.54) is 6.92 Å². The van der Waals surface area contributed by atoms with Gasteiger partial charge in [-0.2, -0.15) is 0 Å². The smallest absolute Gasteiger partial charge is 0.305 e. The lowest BCUT2D eigenvalue weighted by molar-refractivity contribution is -0.139. The van der Waals surface area contributed by atoms with Gasteiger partial charge in [0, 0.05) is 13.8 Å². The second-order valence-electron chi connectivity index (χ2n) is 2.48. The molecule has 0 aliphatic rings. The van der Waals surface area contributed by atoms with Gasteiger partial charge in [0.05, 0.1) is 12.5 Å². The molecular weight excluding hydrogens is 208 g/mol. The lowest BCUT2D eigenvalue weighted by Crippen LogP contribution is -2.07. The number of aliphatic carboxylic acids is 3. The molecule has 1 unspecified atom stereocenters. The molecule has 0 aromatic carbocycles. The molecule has 0 aromatic rings. The molecule has 15 heavy (non-hydrogen) atoms. The molecule has 0 heterocycles. The summed E-state index contributed by atoms with van der Waals surface area (Å²) < 4.78 is 0. The van der Waals surface area contributed by atoms with Crippen LogP contribution in [0, 0.1) is 0 Å². The second-order valence-corrected chi connectivity index (χ2v) is 2.48. The van der Waals surface area contributed by atoms with Gasteiger partial charge >= 0.3 is 5.97 Å². The van der Waals surface area contributed by atoms with Crippen LogP contribution in [0.25, 0.3) is 0 Å². The predicted molar refractivity (Wildman–Crippen MR) is 50.6 cm³/mol. The summed E-state index contributed by atoms with van der Waals surface area (Å²) in [5.41, 5.74) is 0. The van der Waals surface area contributed by atoms with Gasteiger partial charge in [-0.1, -0.05) is 0 Å². The Bertz CT molecular complexity index is 177. The zero-order valence-corrected chi connectivity index (χ0v) is 8.80. The van der Waals surface area contributed by atoms with E-state index in [4.69, 9.17) is 30.0 Å². The van der Waals surface area contributed by atoms with E-state index >= 15 is 0 Å². The molecule has 0 spiro atoms. The predicted octanol–water partition coefficient (Wildman–Crippen LogP) is 0.0237. The summed E-state index contributed by atoms with van der Waals surface area (Å²) in [6, 6.07) is 0. The van der Waals surface area contributed by atoms with Crippen molar-refractivity contribution in [2.24, 2.45) is 0 Å². The molecule has 7 nitrogen and oxygen atoms in total. The average Bonchev–Trinajstić information content (AvgIpc) is 1.78. The van der Waals surface area contributed by atoms with Crippen molar-refractivity contribution in [2.75, 3.05) is 0 Å². The molecule has 90 valence electrons. The summed E-state index contributed by atoms with van der Waals surface area (Å²) in [7, 11) is 0. The maximum absolute atomic E-state index is 9.65. The van der Waals surface area contributed by atoms with E-state index < -0.39 is 24.0 Å². The highest BCUT2D eigenvalue weighted by Crippen LogP contribution is 1.85. The largest absolute Gasteiger partial charge is 0.481 e. The molecule has 0 aliphatic carbocycles. The molecule has 7 heteroatoms. The molecule has 0 saturated heterocycles. The van der Waals surface area contributed by atoms with Crippen molar-refractivity contribution in [2.45, 2.75) is 33.3 Å². The van der Waals surface area contributed by atoms with E-state index in [2.05, 4.69) is 0 Å². The van der Waals surface area contributed by atoms with E-state index in [0.717, 1.165) is 13.8 Å². The van der Waals surface area contributed by atoms with Crippen molar-refractivity contribution in [1.29, 1.82) is 0 Å². The first kappa shape index (κ1) is 19.0. The van der Waals surface area contributed by atoms with Crippen LogP contribution >= 0.6 is 0 Å². The van der Waals surface area contributed by atoms with Crippen LogP contribution in [0.3, 0.4) is 0 Å². The zero-order chi connectivity index (χ0) is 13.0. The van der Waals surface area contributed by atoms with Gasteiger partial charge in [0.15, 0.2) is 0 Å². The van der Waals surface area contributed by atoms with Gasteiger partial charge < -0.3 is 20.4 Å². The molecule has 0 aliphatic heterocycles. The highest BCUT2D eigenvalue weighted by atomic mass is 16.4. The number of carbonyl (C=O) groups is 3. The first-order valence-electron chi connectivity index (χ1n) is 3.88. The minimum absolute atomic E-state index is 0.167. The van der Waals surface area contributed by atoms with Gasteiger partial charge in [-0.3, -0.25) is 14.4 Å².